The molecule has 6 aromatic heterocycles. The summed E-state index contributed by atoms with van der Waals surface area (Å²) in [6.07, 6.45) is 25.5. The third-order valence-corrected chi connectivity index (χ3v) is 24.1. The molecule has 2 fully saturated rings. The van der Waals surface area contributed by atoms with Crippen molar-refractivity contribution in [1.29, 1.82) is 0 Å². The highest BCUT2D eigenvalue weighted by atomic mass is 35.5. The van der Waals surface area contributed by atoms with Gasteiger partial charge in [-0.15, -0.1) is 6.42 Å². The van der Waals surface area contributed by atoms with Crippen LogP contribution in [0.2, 0.25) is 15.5 Å². The van der Waals surface area contributed by atoms with Crippen molar-refractivity contribution in [2.75, 3.05) is 72.3 Å². The number of halogens is 3. The summed E-state index contributed by atoms with van der Waals surface area (Å²) in [5, 5.41) is 22.5. The van der Waals surface area contributed by atoms with E-state index in [2.05, 4.69) is 79.9 Å². The molecule has 5 aliphatic heterocycles. The number of ketones is 4. The van der Waals surface area contributed by atoms with E-state index in [9.17, 15) is 75.9 Å². The van der Waals surface area contributed by atoms with E-state index in [0.29, 0.717) is 93.3 Å². The first-order chi connectivity index (χ1) is 67.9. The number of nitrogens with zero attached hydrogens (tertiary/aromatic N) is 15. The van der Waals surface area contributed by atoms with Crippen molar-refractivity contribution in [3.63, 3.8) is 0 Å². The van der Waals surface area contributed by atoms with E-state index >= 15 is 0 Å². The van der Waals surface area contributed by atoms with Crippen LogP contribution in [0.5, 0.6) is 0 Å². The minimum absolute atomic E-state index is 0. The average molecular weight is 2270 g/mol. The molecule has 53 heteroatoms. The first-order valence-electron chi connectivity index (χ1n) is 45.4. The lowest BCUT2D eigenvalue weighted by molar-refractivity contribution is -0.157. The topological polar surface area (TPSA) is 586 Å². The number of aliphatic hydroxyl groups excluding tert-OH is 1. The molecule has 4 atom stereocenters. The Morgan fingerprint density at radius 3 is 1.44 bits per heavy atom. The molecular formula is C96H136Cl3N19O24S7. The van der Waals surface area contributed by atoms with E-state index in [1.807, 2.05) is 69.8 Å². The predicted molar refractivity (Wildman–Crippen MR) is 573 cm³/mol. The number of piperazine rings is 1. The molecule has 0 radical (unpaired) electrons. The first kappa shape index (κ1) is 133. The molecular weight excluding hydrogens is 2130 g/mol. The highest BCUT2D eigenvalue weighted by molar-refractivity contribution is 7.99. The van der Waals surface area contributed by atoms with E-state index in [4.69, 9.17) is 74.4 Å². The first-order valence-corrected chi connectivity index (χ1v) is 55.2. The second-order valence-electron chi connectivity index (χ2n) is 41.3. The summed E-state index contributed by atoms with van der Waals surface area (Å²) < 4.78 is 64.5. The second kappa shape index (κ2) is 56.3. The number of aliphatic hydroxyl groups is 1. The van der Waals surface area contributed by atoms with Crippen LogP contribution in [0.15, 0.2) is 80.3 Å². The van der Waals surface area contributed by atoms with Gasteiger partial charge in [0.05, 0.1) is 57.1 Å². The molecule has 5 aliphatic rings. The van der Waals surface area contributed by atoms with Gasteiger partial charge in [0.2, 0.25) is 5.91 Å². The number of carbonyl (C=O) groups excluding carboxylic acids is 13. The number of alkyl carbamates (subject to hydrolysis) is 1. The number of hydrogen-bond donors (Lipinski definition) is 5. The molecule has 0 aromatic carbocycles. The Bertz CT molecular complexity index is 5970. The van der Waals surface area contributed by atoms with Crippen molar-refractivity contribution < 1.29 is 113 Å². The molecule has 149 heavy (non-hydrogen) atoms. The van der Waals surface area contributed by atoms with Gasteiger partial charge >= 0.3 is 52.3 Å². The summed E-state index contributed by atoms with van der Waals surface area (Å²) in [4.78, 5) is 207. The number of rotatable bonds is 19. The van der Waals surface area contributed by atoms with Crippen molar-refractivity contribution >= 4 is 210 Å². The number of aldehydes is 1. The molecule has 11 rings (SSSR count). The number of thioether (sulfide) groups is 6. The summed E-state index contributed by atoms with van der Waals surface area (Å²) in [5.74, 6) is -0.309. The molecule has 6 aromatic rings. The number of aromatic nitrogens is 12. The monoisotopic (exact) mass is 2270 g/mol. The van der Waals surface area contributed by atoms with Crippen LogP contribution in [0, 0.1) is 12.3 Å². The summed E-state index contributed by atoms with van der Waals surface area (Å²) >= 11 is 25.7. The van der Waals surface area contributed by atoms with E-state index in [1.54, 1.807) is 177 Å². The number of terminal acetylenes is 1. The Hall–Kier alpha value is -10.3. The predicted octanol–water partition coefficient (Wildman–Crippen LogP) is 16.4. The zero-order chi connectivity index (χ0) is 113. The van der Waals surface area contributed by atoms with Gasteiger partial charge < -0.3 is 70.2 Å². The van der Waals surface area contributed by atoms with Gasteiger partial charge in [0, 0.05) is 93.5 Å². The van der Waals surface area contributed by atoms with Crippen LogP contribution in [0.25, 0.3) is 0 Å². The summed E-state index contributed by atoms with van der Waals surface area (Å²) in [6, 6.07) is -2.02. The fraction of sp³-hybridized carbons (Fsp3) is 0.573. The van der Waals surface area contributed by atoms with Crippen molar-refractivity contribution in [1.82, 2.24) is 80.9 Å². The Kier molecular flexibility index (Phi) is 50.2. The van der Waals surface area contributed by atoms with Gasteiger partial charge in [-0.25, -0.2) is 88.6 Å². The maximum absolute atomic E-state index is 13.1. The average Bonchev–Trinajstić information content (AvgIpc) is 1.57. The molecule has 11 heterocycles. The minimum Gasteiger partial charge on any atom is -0.460 e. The van der Waals surface area contributed by atoms with Gasteiger partial charge in [0.25, 0.3) is 0 Å². The Labute approximate surface area is 910 Å². The zero-order valence-electron chi connectivity index (χ0n) is 90.0. The standard InChI is InChI=1S/C22H34N4O5S.C13H19ClN2O3S.C13H15ClN2O3S.C13H16N4O2S.C13H17N3O3S.C9H17NO5S.C7H10O2.C6H5ClN2OS.H3N/c1-20(2,3)30-17(28)14-10-15(27)13-11-23-18(32-9)24-16(13)26(14)12-22(7,8)25-19(29)31-21(4,5)6;2*1-13(2,3)19-10(18)6-5-9(17)8-7-15-12(20-4)16-11(8)14;1-13(2)6-17-8(11(19)16-13)4-9(18)7-5-14-12(20-3)15-10(7)17;1-13(2,3)19-11(18)8-5-9(17)7-6-14-12(20-4)16-10(7)15-8;1-8(2,3)15-7(11)10-9(4,5)6-14-16(10,12)13;1-5-6(8)9-7(2,3)4;1-11-6-8-2-4(3-10)5(7)9-6;/h11,14H,10,12H2,1-9H3,(H,25,29);7,9,17H,5-6H2,1-4H3;5-7H,1-4H3;5,8H,4,6H2,1-3H3,(H,16,19);6,8H,5H2,1-4H3,(H,14,15,16);6H2,1-5H3;1H,2-4H3;2-3H,1H3;1H3/b;;6-5+;;;;;;. The number of ether oxygens (including phenoxy) is 7. The van der Waals surface area contributed by atoms with Crippen molar-refractivity contribution in [2.24, 2.45) is 0 Å². The maximum Gasteiger partial charge on any atom is 0.426 e. The molecule has 4 unspecified atom stereocenters. The van der Waals surface area contributed by atoms with Crippen LogP contribution in [-0.4, -0.2) is 286 Å². The lowest BCUT2D eigenvalue weighted by Gasteiger charge is -2.46. The smallest absolute Gasteiger partial charge is 0.426 e. The SMILES string of the molecule is C#CC(=O)OC(C)(C)C.CC(C)(C)OC(=O)N1C(C)(C)COS1(=O)=O.CSc1ncc(C(=O)/C=C/C(=O)OC(C)(C)C)c(Cl)n1.CSc1ncc(C(O)CCC(=O)OC(C)(C)C)c(Cl)n1.CSc1ncc(C=O)c(Cl)n1.CSc1ncc2c(n1)N(CC(C)(C)NC(=O)OC(C)(C)C)C(C(=O)OC(C)(C)C)CC2=O.CSc1ncc2c(n1)N1CC(C)(C)NC(=O)C1CC2=O.CSc1ncc2c(n1)NC(C(=O)OC(C)(C)C)CC2=O.N. The van der Waals surface area contributed by atoms with Gasteiger partial charge in [0.1, 0.15) is 90.2 Å². The molecule has 822 valence electrons. The number of carbonyl (C=O) groups is 13. The van der Waals surface area contributed by atoms with Crippen molar-refractivity contribution in [2.45, 2.75) is 330 Å². The third kappa shape index (κ3) is 45.6. The number of nitrogens with one attached hydrogen (secondary N) is 3. The summed E-state index contributed by atoms with van der Waals surface area (Å²) in [5.41, 5.74) is -4.19. The quantitative estimate of drug-likeness (QED) is 0.00480. The van der Waals surface area contributed by atoms with E-state index in [-0.39, 0.29) is 107 Å². The number of anilines is 3. The number of Topliss-reactive ketones (excluding diaryl/α,β-unsaturated/α-hetero) is 3. The van der Waals surface area contributed by atoms with Crippen LogP contribution in [-0.2, 0) is 76.4 Å². The molecule has 7 N–H and O–H groups in total. The van der Waals surface area contributed by atoms with Crippen LogP contribution in [0.4, 0.5) is 27.0 Å². The van der Waals surface area contributed by atoms with Crippen molar-refractivity contribution in [3.05, 3.63) is 98.2 Å². The van der Waals surface area contributed by atoms with Gasteiger partial charge in [-0.05, 0) is 237 Å². The molecule has 3 amide bonds. The number of allylic oxidation sites excluding steroid dienone is 1. The fourth-order valence-corrected chi connectivity index (χ4v) is 16.8. The van der Waals surface area contributed by atoms with E-state index in [1.165, 1.54) is 102 Å². The lowest BCUT2D eigenvalue weighted by atomic mass is 9.90. The lowest BCUT2D eigenvalue weighted by Crippen LogP contribution is -2.66. The van der Waals surface area contributed by atoms with Crippen LogP contribution in [0.3, 0.4) is 0 Å². The highest BCUT2D eigenvalue weighted by Crippen LogP contribution is 2.38. The third-order valence-electron chi connectivity index (χ3n) is 18.3. The Morgan fingerprint density at radius 2 is 0.987 bits per heavy atom. The number of hydrogen-bond acceptors (Lipinski definition) is 46. The molecule has 0 aliphatic carbocycles. The fourth-order valence-electron chi connectivity index (χ4n) is 12.5. The Balaban J connectivity index is 0.000000446. The summed E-state index contributed by atoms with van der Waals surface area (Å²) in [6.45, 7) is 48.5. The van der Waals surface area contributed by atoms with Gasteiger partial charge in [-0.3, -0.25) is 37.7 Å². The van der Waals surface area contributed by atoms with Gasteiger partial charge in [0.15, 0.2) is 60.4 Å². The number of amides is 3. The van der Waals surface area contributed by atoms with Gasteiger partial charge in [-0.1, -0.05) is 105 Å². The normalized spacial score (nSPS) is 16.4. The van der Waals surface area contributed by atoms with Crippen LogP contribution in [0.1, 0.15) is 283 Å². The minimum atomic E-state index is -4.01. The molecule has 0 bridgehead atoms. The highest BCUT2D eigenvalue weighted by Gasteiger charge is 2.51. The van der Waals surface area contributed by atoms with Crippen LogP contribution < -0.4 is 31.9 Å². The Morgan fingerprint density at radius 1 is 0.550 bits per heavy atom. The number of fused-ring (bicyclic) bond motifs is 5. The summed E-state index contributed by atoms with van der Waals surface area (Å²) in [7, 11) is -4.01. The second-order valence-corrected chi connectivity index (χ2v) is 48.5. The van der Waals surface area contributed by atoms with Gasteiger partial charge in [-0.2, -0.15) is 12.7 Å². The van der Waals surface area contributed by atoms with Crippen molar-refractivity contribution in [3.8, 4) is 12.3 Å². The largest absolute Gasteiger partial charge is 0.460 e. The number of esters is 5. The zero-order valence-corrected chi connectivity index (χ0v) is 98.0. The van der Waals surface area contributed by atoms with E-state index < -0.39 is 127 Å². The molecule has 0 spiro atoms. The molecule has 43 nitrogen and oxygen atoms in total. The molecule has 2 saturated heterocycles. The maximum atomic E-state index is 13.1. The molecule has 0 saturated carbocycles. The van der Waals surface area contributed by atoms with E-state index in [0.717, 1.165) is 12.2 Å². The van der Waals surface area contributed by atoms with Crippen LogP contribution >= 0.6 is 105 Å².